The van der Waals surface area contributed by atoms with Crippen molar-refractivity contribution in [3.63, 3.8) is 0 Å². The smallest absolute Gasteiger partial charge is 0.222 e. The third kappa shape index (κ3) is 4.13. The number of anilines is 1. The average Bonchev–Trinajstić information content (AvgIpc) is 2.34. The molecule has 0 spiro atoms. The van der Waals surface area contributed by atoms with Gasteiger partial charge in [-0.25, -0.2) is 4.98 Å². The number of hydrogen-bond donors (Lipinski definition) is 1. The van der Waals surface area contributed by atoms with E-state index in [1.165, 1.54) is 0 Å². The molecule has 0 aliphatic carbocycles. The van der Waals surface area contributed by atoms with Crippen molar-refractivity contribution < 1.29 is 4.74 Å². The molecule has 1 aromatic heterocycles. The summed E-state index contributed by atoms with van der Waals surface area (Å²) in [6.07, 6.45) is 6.27. The van der Waals surface area contributed by atoms with E-state index >= 15 is 0 Å². The molecule has 0 radical (unpaired) electrons. The molecule has 0 aliphatic rings. The van der Waals surface area contributed by atoms with Crippen molar-refractivity contribution in [3.05, 3.63) is 11.4 Å². The molecule has 104 valence electrons. The first-order valence-electron chi connectivity index (χ1n) is 6.59. The predicted molar refractivity (Wildman–Crippen MR) is 78.6 cm³/mol. The lowest BCUT2D eigenvalue weighted by Crippen LogP contribution is -2.19. The fourth-order valence-electron chi connectivity index (χ4n) is 1.50. The van der Waals surface area contributed by atoms with Crippen LogP contribution < -0.4 is 10.1 Å². The van der Waals surface area contributed by atoms with Crippen molar-refractivity contribution in [1.29, 1.82) is 0 Å². The van der Waals surface area contributed by atoms with E-state index in [1.807, 2.05) is 6.92 Å². The van der Waals surface area contributed by atoms with Crippen LogP contribution in [0.2, 0.25) is 0 Å². The molecule has 1 aromatic rings. The Balaban J connectivity index is 3.18. The van der Waals surface area contributed by atoms with E-state index in [1.54, 1.807) is 0 Å². The fraction of sp³-hybridized carbons (Fsp3) is 0.600. The van der Waals surface area contributed by atoms with Gasteiger partial charge in [-0.3, -0.25) is 0 Å². The van der Waals surface area contributed by atoms with Gasteiger partial charge in [-0.05, 0) is 13.3 Å². The van der Waals surface area contributed by atoms with Crippen LogP contribution in [0.5, 0.6) is 5.88 Å². The van der Waals surface area contributed by atoms with Crippen LogP contribution in [0.1, 0.15) is 45.5 Å². The van der Waals surface area contributed by atoms with Gasteiger partial charge >= 0.3 is 0 Å². The summed E-state index contributed by atoms with van der Waals surface area (Å²) in [5, 5.41) is 3.31. The predicted octanol–water partition coefficient (Wildman–Crippen LogP) is 2.92. The molecule has 0 aromatic carbocycles. The Morgan fingerprint density at radius 3 is 2.53 bits per heavy atom. The van der Waals surface area contributed by atoms with Crippen molar-refractivity contribution >= 4 is 5.82 Å². The van der Waals surface area contributed by atoms with Crippen molar-refractivity contribution in [2.45, 2.75) is 46.5 Å². The standard InChI is InChI=1S/C15H23N3O/c1-7-9-16-12-11(3)13(19-10-8-2)18-14(17-12)15(4,5)6/h2H,7,9-10H2,1,3-6H3,(H,16,17,18). The molecule has 1 N–H and O–H groups in total. The van der Waals surface area contributed by atoms with Crippen LogP contribution in [0.25, 0.3) is 0 Å². The van der Waals surface area contributed by atoms with E-state index in [9.17, 15) is 0 Å². The number of aromatic nitrogens is 2. The molecule has 4 nitrogen and oxygen atoms in total. The SMILES string of the molecule is C#CCOc1nc(C(C)(C)C)nc(NCCC)c1C. The van der Waals surface area contributed by atoms with Gasteiger partial charge in [0.05, 0.1) is 5.56 Å². The van der Waals surface area contributed by atoms with Crippen molar-refractivity contribution in [3.8, 4) is 18.2 Å². The molecule has 0 aliphatic heterocycles. The summed E-state index contributed by atoms with van der Waals surface area (Å²) < 4.78 is 5.52. The number of terminal acetylenes is 1. The number of rotatable bonds is 5. The summed E-state index contributed by atoms with van der Waals surface area (Å²) in [4.78, 5) is 9.08. The zero-order chi connectivity index (χ0) is 14.5. The summed E-state index contributed by atoms with van der Waals surface area (Å²) in [6.45, 7) is 11.4. The second-order valence-corrected chi connectivity index (χ2v) is 5.50. The van der Waals surface area contributed by atoms with E-state index in [4.69, 9.17) is 11.2 Å². The van der Waals surface area contributed by atoms with Gasteiger partial charge in [-0.1, -0.05) is 33.6 Å². The maximum absolute atomic E-state index is 5.52. The lowest BCUT2D eigenvalue weighted by atomic mass is 9.95. The average molecular weight is 261 g/mol. The summed E-state index contributed by atoms with van der Waals surface area (Å²) in [7, 11) is 0. The van der Waals surface area contributed by atoms with Crippen LogP contribution >= 0.6 is 0 Å². The molecular weight excluding hydrogens is 238 g/mol. The van der Waals surface area contributed by atoms with Gasteiger partial charge in [0.25, 0.3) is 0 Å². The molecule has 0 bridgehead atoms. The zero-order valence-corrected chi connectivity index (χ0v) is 12.5. The molecule has 1 heterocycles. The minimum atomic E-state index is -0.134. The Labute approximate surface area is 116 Å². The Bertz CT molecular complexity index is 470. The van der Waals surface area contributed by atoms with Crippen LogP contribution in [0, 0.1) is 19.3 Å². The minimum Gasteiger partial charge on any atom is -0.464 e. The highest BCUT2D eigenvalue weighted by Crippen LogP contribution is 2.27. The lowest BCUT2D eigenvalue weighted by Gasteiger charge is -2.20. The molecule has 0 saturated heterocycles. The number of nitrogens with zero attached hydrogens (tertiary/aromatic N) is 2. The summed E-state index contributed by atoms with van der Waals surface area (Å²) in [5.41, 5.74) is 0.765. The number of hydrogen-bond acceptors (Lipinski definition) is 4. The van der Waals surface area contributed by atoms with Gasteiger partial charge in [-0.2, -0.15) is 4.98 Å². The van der Waals surface area contributed by atoms with Gasteiger partial charge in [-0.15, -0.1) is 6.42 Å². The Hall–Kier alpha value is -1.76. The van der Waals surface area contributed by atoms with Crippen LogP contribution in [-0.4, -0.2) is 23.1 Å². The summed E-state index contributed by atoms with van der Waals surface area (Å²) in [6, 6.07) is 0. The van der Waals surface area contributed by atoms with Crippen LogP contribution in [0.15, 0.2) is 0 Å². The Kier molecular flexibility index (Phi) is 5.17. The molecule has 19 heavy (non-hydrogen) atoms. The lowest BCUT2D eigenvalue weighted by molar-refractivity contribution is 0.346. The largest absolute Gasteiger partial charge is 0.464 e. The quantitative estimate of drug-likeness (QED) is 0.828. The van der Waals surface area contributed by atoms with Gasteiger partial charge in [0.1, 0.15) is 11.6 Å². The van der Waals surface area contributed by atoms with Gasteiger partial charge < -0.3 is 10.1 Å². The highest BCUT2D eigenvalue weighted by atomic mass is 16.5. The fourth-order valence-corrected chi connectivity index (χ4v) is 1.50. The van der Waals surface area contributed by atoms with Crippen LogP contribution in [0.4, 0.5) is 5.82 Å². The summed E-state index contributed by atoms with van der Waals surface area (Å²) >= 11 is 0. The van der Waals surface area contributed by atoms with Crippen LogP contribution in [-0.2, 0) is 5.41 Å². The molecule has 4 heteroatoms. The van der Waals surface area contributed by atoms with Crippen molar-refractivity contribution in [2.24, 2.45) is 0 Å². The zero-order valence-electron chi connectivity index (χ0n) is 12.5. The highest BCUT2D eigenvalue weighted by Gasteiger charge is 2.21. The first-order chi connectivity index (χ1) is 8.90. The van der Waals surface area contributed by atoms with E-state index in [2.05, 4.69) is 48.9 Å². The second-order valence-electron chi connectivity index (χ2n) is 5.50. The van der Waals surface area contributed by atoms with Gasteiger partial charge in [0, 0.05) is 12.0 Å². The highest BCUT2D eigenvalue weighted by molar-refractivity contribution is 5.49. The first kappa shape index (κ1) is 15.3. The normalized spacial score (nSPS) is 10.9. The monoisotopic (exact) mass is 261 g/mol. The van der Waals surface area contributed by atoms with E-state index in [-0.39, 0.29) is 12.0 Å². The molecular formula is C15H23N3O. The van der Waals surface area contributed by atoms with E-state index < -0.39 is 0 Å². The van der Waals surface area contributed by atoms with Crippen molar-refractivity contribution in [2.75, 3.05) is 18.5 Å². The summed E-state index contributed by atoms with van der Waals surface area (Å²) in [5.74, 6) is 4.61. The Morgan fingerprint density at radius 1 is 1.32 bits per heavy atom. The van der Waals surface area contributed by atoms with E-state index in [0.29, 0.717) is 5.88 Å². The third-order valence-corrected chi connectivity index (χ3v) is 2.61. The molecule has 0 fully saturated rings. The molecule has 1 rings (SSSR count). The Morgan fingerprint density at radius 2 is 2.00 bits per heavy atom. The second kappa shape index (κ2) is 6.42. The minimum absolute atomic E-state index is 0.134. The molecule has 0 saturated carbocycles. The van der Waals surface area contributed by atoms with Gasteiger partial charge in [0.15, 0.2) is 6.61 Å². The third-order valence-electron chi connectivity index (χ3n) is 2.61. The number of ether oxygens (including phenoxy) is 1. The van der Waals surface area contributed by atoms with Crippen LogP contribution in [0.3, 0.4) is 0 Å². The topological polar surface area (TPSA) is 47.0 Å². The van der Waals surface area contributed by atoms with Gasteiger partial charge in [0.2, 0.25) is 5.88 Å². The molecule has 0 atom stereocenters. The maximum Gasteiger partial charge on any atom is 0.222 e. The maximum atomic E-state index is 5.52. The molecule has 0 amide bonds. The number of nitrogens with one attached hydrogen (secondary N) is 1. The van der Waals surface area contributed by atoms with E-state index in [0.717, 1.165) is 30.2 Å². The molecule has 0 unspecified atom stereocenters. The first-order valence-corrected chi connectivity index (χ1v) is 6.59. The van der Waals surface area contributed by atoms with Crippen molar-refractivity contribution in [1.82, 2.24) is 9.97 Å².